The van der Waals surface area contributed by atoms with Crippen LogP contribution in [0.5, 0.6) is 0 Å². The van der Waals surface area contributed by atoms with Crippen molar-refractivity contribution in [2.45, 2.75) is 19.3 Å². The van der Waals surface area contributed by atoms with Crippen LogP contribution in [0.1, 0.15) is 29.6 Å². The van der Waals surface area contributed by atoms with Gasteiger partial charge in [0.15, 0.2) is 5.82 Å². The van der Waals surface area contributed by atoms with E-state index in [1.54, 1.807) is 23.1 Å². The van der Waals surface area contributed by atoms with Crippen molar-refractivity contribution in [2.24, 2.45) is 11.3 Å². The van der Waals surface area contributed by atoms with E-state index in [1.165, 1.54) is 6.33 Å². The average molecular weight is 326 g/mol. The maximum atomic E-state index is 12.9. The molecule has 2 aliphatic rings. The molecule has 2 atom stereocenters. The van der Waals surface area contributed by atoms with Crippen molar-refractivity contribution in [3.05, 3.63) is 36.2 Å². The molecule has 1 aromatic carbocycles. The fraction of sp³-hybridized carbons (Fsp3) is 0.412. The molecule has 7 nitrogen and oxygen atoms in total. The highest BCUT2D eigenvalue weighted by molar-refractivity contribution is 5.96. The standard InChI is InChI=1S/C17H18N4O3/c22-15(12-4-1-3-11(7-12)14-18-10-19-20-14)21-8-13-5-2-6-17(13,9-21)16(23)24/h1,3-4,7,10,13H,2,5-6,8-9H2,(H,23,24)(H,18,19,20)/t13-,17+/m0/s1. The first kappa shape index (κ1) is 14.9. The second-order valence-electron chi connectivity index (χ2n) is 6.65. The van der Waals surface area contributed by atoms with Crippen molar-refractivity contribution in [3.8, 4) is 11.4 Å². The molecule has 1 amide bonds. The normalized spacial score (nSPS) is 25.7. The minimum atomic E-state index is -0.768. The number of rotatable bonds is 3. The topological polar surface area (TPSA) is 99.2 Å². The van der Waals surface area contributed by atoms with Gasteiger partial charge in [-0.05, 0) is 30.9 Å². The molecule has 2 N–H and O–H groups in total. The van der Waals surface area contributed by atoms with Crippen LogP contribution in [0.4, 0.5) is 0 Å². The molecule has 0 unspecified atom stereocenters. The van der Waals surface area contributed by atoms with Crippen molar-refractivity contribution < 1.29 is 14.7 Å². The second-order valence-corrected chi connectivity index (χ2v) is 6.65. The predicted molar refractivity (Wildman–Crippen MR) is 85.1 cm³/mol. The van der Waals surface area contributed by atoms with E-state index in [0.29, 0.717) is 30.9 Å². The van der Waals surface area contributed by atoms with Crippen LogP contribution in [-0.2, 0) is 4.79 Å². The predicted octanol–water partition coefficient (Wildman–Crippen LogP) is 1.80. The summed E-state index contributed by atoms with van der Waals surface area (Å²) >= 11 is 0. The Hall–Kier alpha value is -2.70. The summed E-state index contributed by atoms with van der Waals surface area (Å²) in [6, 6.07) is 7.18. The van der Waals surface area contributed by atoms with Crippen molar-refractivity contribution in [1.82, 2.24) is 20.1 Å². The minimum absolute atomic E-state index is 0.0661. The van der Waals surface area contributed by atoms with Gasteiger partial charge in [-0.1, -0.05) is 18.6 Å². The molecule has 124 valence electrons. The molecular weight excluding hydrogens is 308 g/mol. The number of aromatic amines is 1. The van der Waals surface area contributed by atoms with Gasteiger partial charge in [-0.2, -0.15) is 5.10 Å². The number of carbonyl (C=O) groups excluding carboxylic acids is 1. The highest BCUT2D eigenvalue weighted by Gasteiger charge is 2.55. The number of nitrogens with one attached hydrogen (secondary N) is 1. The smallest absolute Gasteiger partial charge is 0.311 e. The molecule has 4 rings (SSSR count). The van der Waals surface area contributed by atoms with Crippen LogP contribution >= 0.6 is 0 Å². The van der Waals surface area contributed by atoms with Gasteiger partial charge in [0.25, 0.3) is 5.91 Å². The molecular formula is C17H18N4O3. The van der Waals surface area contributed by atoms with Gasteiger partial charge >= 0.3 is 5.97 Å². The van der Waals surface area contributed by atoms with Gasteiger partial charge in [-0.25, -0.2) is 4.98 Å². The number of nitrogens with zero attached hydrogens (tertiary/aromatic N) is 3. The maximum Gasteiger partial charge on any atom is 0.311 e. The van der Waals surface area contributed by atoms with Gasteiger partial charge in [0.1, 0.15) is 6.33 Å². The van der Waals surface area contributed by atoms with Gasteiger partial charge in [-0.3, -0.25) is 14.7 Å². The van der Waals surface area contributed by atoms with Crippen molar-refractivity contribution >= 4 is 11.9 Å². The van der Waals surface area contributed by atoms with E-state index in [0.717, 1.165) is 18.4 Å². The van der Waals surface area contributed by atoms with Gasteiger partial charge in [0.2, 0.25) is 0 Å². The zero-order valence-corrected chi connectivity index (χ0v) is 13.1. The summed E-state index contributed by atoms with van der Waals surface area (Å²) in [4.78, 5) is 30.4. The highest BCUT2D eigenvalue weighted by Crippen LogP contribution is 2.49. The summed E-state index contributed by atoms with van der Waals surface area (Å²) in [5.41, 5.74) is 0.577. The van der Waals surface area contributed by atoms with E-state index in [2.05, 4.69) is 15.2 Å². The first-order chi connectivity index (χ1) is 11.6. The summed E-state index contributed by atoms with van der Waals surface area (Å²) in [5.74, 6) is -0.219. The van der Waals surface area contributed by atoms with E-state index in [-0.39, 0.29) is 11.8 Å². The van der Waals surface area contributed by atoms with Crippen LogP contribution in [0.2, 0.25) is 0 Å². The number of hydrogen-bond donors (Lipinski definition) is 2. The monoisotopic (exact) mass is 326 g/mol. The van der Waals surface area contributed by atoms with Crippen LogP contribution in [-0.4, -0.2) is 50.2 Å². The number of hydrogen-bond acceptors (Lipinski definition) is 4. The number of carboxylic acid groups (broad SMARTS) is 1. The molecule has 2 heterocycles. The number of amides is 1. The number of aliphatic carboxylic acids is 1. The van der Waals surface area contributed by atoms with Gasteiger partial charge < -0.3 is 10.0 Å². The summed E-state index contributed by atoms with van der Waals surface area (Å²) in [7, 11) is 0. The molecule has 1 aliphatic carbocycles. The molecule has 0 bridgehead atoms. The van der Waals surface area contributed by atoms with E-state index in [9.17, 15) is 14.7 Å². The van der Waals surface area contributed by atoms with Gasteiger partial charge in [-0.15, -0.1) is 0 Å². The van der Waals surface area contributed by atoms with Gasteiger partial charge in [0, 0.05) is 24.2 Å². The molecule has 2 aromatic rings. The quantitative estimate of drug-likeness (QED) is 0.896. The Labute approximate surface area is 138 Å². The Morgan fingerprint density at radius 3 is 2.96 bits per heavy atom. The highest BCUT2D eigenvalue weighted by atomic mass is 16.4. The molecule has 1 aromatic heterocycles. The third kappa shape index (κ3) is 2.19. The number of carboxylic acids is 1. The first-order valence-electron chi connectivity index (χ1n) is 8.09. The Morgan fingerprint density at radius 2 is 2.25 bits per heavy atom. The molecule has 7 heteroatoms. The fourth-order valence-electron chi connectivity index (χ4n) is 4.12. The van der Waals surface area contributed by atoms with Crippen LogP contribution < -0.4 is 0 Å². The van der Waals surface area contributed by atoms with Crippen molar-refractivity contribution in [3.63, 3.8) is 0 Å². The number of carbonyl (C=O) groups is 2. The second kappa shape index (κ2) is 5.43. The number of H-pyrrole nitrogens is 1. The zero-order valence-electron chi connectivity index (χ0n) is 13.1. The Balaban J connectivity index is 1.59. The van der Waals surface area contributed by atoms with E-state index < -0.39 is 11.4 Å². The molecule has 2 fully saturated rings. The average Bonchev–Trinajstić information content (AvgIpc) is 3.29. The molecule has 1 saturated carbocycles. The molecule has 0 radical (unpaired) electrons. The SMILES string of the molecule is O=C(c1cccc(-c2ncn[nH]2)c1)N1C[C@@H]2CCC[C@@]2(C(=O)O)C1. The van der Waals surface area contributed by atoms with Crippen molar-refractivity contribution in [2.75, 3.05) is 13.1 Å². The Bertz CT molecular complexity index is 789. The van der Waals surface area contributed by atoms with Crippen LogP contribution in [0.15, 0.2) is 30.6 Å². The summed E-state index contributed by atoms with van der Waals surface area (Å²) in [6.45, 7) is 0.829. The molecule has 0 spiro atoms. The van der Waals surface area contributed by atoms with Crippen molar-refractivity contribution in [1.29, 1.82) is 0 Å². The first-order valence-corrected chi connectivity index (χ1v) is 8.09. The number of fused-ring (bicyclic) bond motifs is 1. The lowest BCUT2D eigenvalue weighted by Gasteiger charge is -2.23. The van der Waals surface area contributed by atoms with Crippen LogP contribution in [0.3, 0.4) is 0 Å². The largest absolute Gasteiger partial charge is 0.481 e. The molecule has 1 aliphatic heterocycles. The minimum Gasteiger partial charge on any atom is -0.481 e. The van der Waals surface area contributed by atoms with Crippen LogP contribution in [0.25, 0.3) is 11.4 Å². The maximum absolute atomic E-state index is 12.9. The number of likely N-dealkylation sites (tertiary alicyclic amines) is 1. The van der Waals surface area contributed by atoms with E-state index in [1.807, 2.05) is 6.07 Å². The lowest BCUT2D eigenvalue weighted by molar-refractivity contribution is -0.149. The molecule has 24 heavy (non-hydrogen) atoms. The summed E-state index contributed by atoms with van der Waals surface area (Å²) < 4.78 is 0. The third-order valence-corrected chi connectivity index (χ3v) is 5.38. The number of benzene rings is 1. The summed E-state index contributed by atoms with van der Waals surface area (Å²) in [6.07, 6.45) is 3.89. The lowest BCUT2D eigenvalue weighted by Crippen LogP contribution is -2.37. The Kier molecular flexibility index (Phi) is 3.37. The molecule has 1 saturated heterocycles. The Morgan fingerprint density at radius 1 is 1.38 bits per heavy atom. The number of aromatic nitrogens is 3. The van der Waals surface area contributed by atoms with E-state index >= 15 is 0 Å². The van der Waals surface area contributed by atoms with Crippen LogP contribution in [0, 0.1) is 11.3 Å². The zero-order chi connectivity index (χ0) is 16.7. The lowest BCUT2D eigenvalue weighted by atomic mass is 9.81. The summed E-state index contributed by atoms with van der Waals surface area (Å²) in [5, 5.41) is 16.3. The fourth-order valence-corrected chi connectivity index (χ4v) is 4.12. The van der Waals surface area contributed by atoms with E-state index in [4.69, 9.17) is 0 Å². The van der Waals surface area contributed by atoms with Gasteiger partial charge in [0.05, 0.1) is 5.41 Å². The third-order valence-electron chi connectivity index (χ3n) is 5.38.